The van der Waals surface area contributed by atoms with Gasteiger partial charge in [-0.25, -0.2) is 4.79 Å². The molecule has 2 fully saturated rings. The number of benzene rings is 1. The van der Waals surface area contributed by atoms with Crippen molar-refractivity contribution in [1.82, 2.24) is 15.1 Å². The number of nitrogens with one attached hydrogen (secondary N) is 1. The van der Waals surface area contributed by atoms with E-state index >= 15 is 0 Å². The van der Waals surface area contributed by atoms with Crippen LogP contribution < -0.4 is 10.1 Å². The Bertz CT molecular complexity index is 699. The second-order valence-electron chi connectivity index (χ2n) is 6.30. The normalized spacial score (nSPS) is 23.2. The third-order valence-corrected chi connectivity index (χ3v) is 4.95. The van der Waals surface area contributed by atoms with Crippen molar-refractivity contribution >= 4 is 17.8 Å². The number of hydrogen-bond donors (Lipinski definition) is 1. The van der Waals surface area contributed by atoms with Crippen molar-refractivity contribution in [2.24, 2.45) is 0 Å². The van der Waals surface area contributed by atoms with E-state index in [-0.39, 0.29) is 12.5 Å². The molecule has 26 heavy (non-hydrogen) atoms. The van der Waals surface area contributed by atoms with Crippen molar-refractivity contribution in [3.63, 3.8) is 0 Å². The van der Waals surface area contributed by atoms with Gasteiger partial charge in [-0.3, -0.25) is 14.5 Å². The molecular weight excluding hydrogens is 338 g/mol. The molecule has 0 aliphatic carbocycles. The zero-order valence-corrected chi connectivity index (χ0v) is 15.0. The van der Waals surface area contributed by atoms with Gasteiger partial charge in [-0.2, -0.15) is 0 Å². The maximum atomic E-state index is 13.1. The van der Waals surface area contributed by atoms with Crippen LogP contribution in [0.1, 0.15) is 18.9 Å². The first kappa shape index (κ1) is 18.2. The van der Waals surface area contributed by atoms with Crippen molar-refractivity contribution in [2.75, 3.05) is 40.0 Å². The third kappa shape index (κ3) is 3.12. The fourth-order valence-corrected chi connectivity index (χ4v) is 3.33. The minimum absolute atomic E-state index is 0.251. The molecule has 0 aromatic heterocycles. The topological polar surface area (TPSA) is 88.2 Å². The van der Waals surface area contributed by atoms with Crippen LogP contribution in [-0.4, -0.2) is 67.6 Å². The Morgan fingerprint density at radius 1 is 1.23 bits per heavy atom. The van der Waals surface area contributed by atoms with Gasteiger partial charge < -0.3 is 19.7 Å². The van der Waals surface area contributed by atoms with E-state index in [0.29, 0.717) is 44.0 Å². The Morgan fingerprint density at radius 3 is 2.46 bits per heavy atom. The monoisotopic (exact) mass is 361 g/mol. The van der Waals surface area contributed by atoms with Crippen LogP contribution in [0.4, 0.5) is 4.79 Å². The van der Waals surface area contributed by atoms with Crippen LogP contribution in [0.5, 0.6) is 5.75 Å². The maximum absolute atomic E-state index is 13.1. The first-order chi connectivity index (χ1) is 12.5. The van der Waals surface area contributed by atoms with E-state index < -0.39 is 17.5 Å². The molecule has 3 rings (SSSR count). The number of hydrogen-bond acceptors (Lipinski definition) is 5. The lowest BCUT2D eigenvalue weighted by Crippen LogP contribution is -2.48. The Labute approximate surface area is 152 Å². The summed E-state index contributed by atoms with van der Waals surface area (Å²) in [5, 5.41) is 2.78. The Morgan fingerprint density at radius 2 is 1.88 bits per heavy atom. The zero-order chi connectivity index (χ0) is 18.7. The van der Waals surface area contributed by atoms with Crippen LogP contribution in [-0.2, 0) is 19.9 Å². The van der Waals surface area contributed by atoms with Crippen LogP contribution in [0.25, 0.3) is 0 Å². The molecule has 140 valence electrons. The first-order valence-electron chi connectivity index (χ1n) is 8.66. The van der Waals surface area contributed by atoms with Gasteiger partial charge in [0, 0.05) is 13.1 Å². The van der Waals surface area contributed by atoms with Gasteiger partial charge in [0.15, 0.2) is 0 Å². The van der Waals surface area contributed by atoms with Crippen molar-refractivity contribution in [2.45, 2.75) is 18.9 Å². The summed E-state index contributed by atoms with van der Waals surface area (Å²) in [6.07, 6.45) is 0.381. The van der Waals surface area contributed by atoms with Crippen molar-refractivity contribution in [3.8, 4) is 5.75 Å². The van der Waals surface area contributed by atoms with Crippen molar-refractivity contribution in [3.05, 3.63) is 29.8 Å². The summed E-state index contributed by atoms with van der Waals surface area (Å²) in [5.41, 5.74) is -0.491. The van der Waals surface area contributed by atoms with Crippen LogP contribution in [0.2, 0.25) is 0 Å². The molecule has 4 amide bonds. The van der Waals surface area contributed by atoms with Gasteiger partial charge in [0.1, 0.15) is 17.8 Å². The van der Waals surface area contributed by atoms with Gasteiger partial charge in [-0.15, -0.1) is 0 Å². The smallest absolute Gasteiger partial charge is 0.325 e. The summed E-state index contributed by atoms with van der Waals surface area (Å²) in [5.74, 6) is 0.00587. The number of carbonyl (C=O) groups excluding carboxylic acids is 3. The third-order valence-electron chi connectivity index (χ3n) is 4.95. The van der Waals surface area contributed by atoms with Crippen LogP contribution in [0.15, 0.2) is 24.3 Å². The van der Waals surface area contributed by atoms with Crippen LogP contribution in [0.3, 0.4) is 0 Å². The SMILES string of the molecule is CC[C@]1(c2ccc(OC)cc2)NC(=O)N(CC(=O)N2CCOCC2)C1=O. The molecule has 2 aliphatic heterocycles. The van der Waals surface area contributed by atoms with Crippen LogP contribution in [0, 0.1) is 0 Å². The molecule has 0 bridgehead atoms. The molecule has 0 saturated carbocycles. The molecule has 2 aliphatic rings. The molecule has 0 radical (unpaired) electrons. The Balaban J connectivity index is 1.80. The van der Waals surface area contributed by atoms with Gasteiger partial charge in [0.05, 0.1) is 20.3 Å². The van der Waals surface area contributed by atoms with E-state index in [0.717, 1.165) is 4.90 Å². The van der Waals surface area contributed by atoms with E-state index in [1.807, 2.05) is 6.92 Å². The molecule has 8 nitrogen and oxygen atoms in total. The van der Waals surface area contributed by atoms with E-state index in [4.69, 9.17) is 9.47 Å². The van der Waals surface area contributed by atoms with E-state index in [1.54, 1.807) is 36.3 Å². The Kier molecular flexibility index (Phi) is 5.13. The lowest BCUT2D eigenvalue weighted by molar-refractivity contribution is -0.141. The summed E-state index contributed by atoms with van der Waals surface area (Å²) < 4.78 is 10.4. The number of carbonyl (C=O) groups is 3. The van der Waals surface area contributed by atoms with Gasteiger partial charge in [-0.1, -0.05) is 19.1 Å². The fraction of sp³-hybridized carbons (Fsp3) is 0.500. The average molecular weight is 361 g/mol. The minimum atomic E-state index is -1.16. The van der Waals surface area contributed by atoms with Gasteiger partial charge in [-0.05, 0) is 24.1 Å². The molecule has 1 atom stereocenters. The second-order valence-corrected chi connectivity index (χ2v) is 6.30. The molecule has 0 unspecified atom stereocenters. The average Bonchev–Trinajstić information content (AvgIpc) is 2.93. The fourth-order valence-electron chi connectivity index (χ4n) is 3.33. The molecule has 8 heteroatoms. The number of urea groups is 1. The number of ether oxygens (including phenoxy) is 2. The number of methoxy groups -OCH3 is 1. The summed E-state index contributed by atoms with van der Waals surface area (Å²) >= 11 is 0. The molecule has 2 heterocycles. The lowest BCUT2D eigenvalue weighted by atomic mass is 9.87. The molecular formula is C18H23N3O5. The van der Waals surface area contributed by atoms with Gasteiger partial charge >= 0.3 is 6.03 Å². The minimum Gasteiger partial charge on any atom is -0.497 e. The zero-order valence-electron chi connectivity index (χ0n) is 15.0. The van der Waals surface area contributed by atoms with Crippen molar-refractivity contribution < 1.29 is 23.9 Å². The summed E-state index contributed by atoms with van der Waals surface area (Å²) in [4.78, 5) is 40.6. The summed E-state index contributed by atoms with van der Waals surface area (Å²) in [7, 11) is 1.56. The number of rotatable bonds is 5. The predicted molar refractivity (Wildman–Crippen MR) is 92.6 cm³/mol. The quantitative estimate of drug-likeness (QED) is 0.781. The summed E-state index contributed by atoms with van der Waals surface area (Å²) in [6.45, 7) is 3.45. The second kappa shape index (κ2) is 7.33. The first-order valence-corrected chi connectivity index (χ1v) is 8.66. The highest BCUT2D eigenvalue weighted by Crippen LogP contribution is 2.33. The summed E-state index contributed by atoms with van der Waals surface area (Å²) in [6, 6.07) is 6.46. The highest BCUT2D eigenvalue weighted by molar-refractivity contribution is 6.09. The Hall–Kier alpha value is -2.61. The van der Waals surface area contributed by atoms with E-state index in [1.165, 1.54) is 0 Å². The van der Waals surface area contributed by atoms with Gasteiger partial charge in [0.25, 0.3) is 5.91 Å². The molecule has 1 aromatic rings. The number of nitrogens with zero attached hydrogens (tertiary/aromatic N) is 2. The molecule has 1 aromatic carbocycles. The maximum Gasteiger partial charge on any atom is 0.325 e. The standard InChI is InChI=1S/C18H23N3O5/c1-3-18(13-4-6-14(25-2)7-5-13)16(23)21(17(24)19-18)12-15(22)20-8-10-26-11-9-20/h4-7H,3,8-12H2,1-2H3,(H,19,24)/t18-/m1/s1. The number of amides is 4. The highest BCUT2D eigenvalue weighted by atomic mass is 16.5. The van der Waals surface area contributed by atoms with E-state index in [9.17, 15) is 14.4 Å². The molecule has 2 saturated heterocycles. The van der Waals surface area contributed by atoms with Crippen LogP contribution >= 0.6 is 0 Å². The highest BCUT2D eigenvalue weighted by Gasteiger charge is 2.51. The molecule has 0 spiro atoms. The van der Waals surface area contributed by atoms with Gasteiger partial charge in [0.2, 0.25) is 5.91 Å². The predicted octanol–water partition coefficient (Wildman–Crippen LogP) is 0.711. The van der Waals surface area contributed by atoms with E-state index in [2.05, 4.69) is 5.32 Å². The number of morpholine rings is 1. The number of imide groups is 1. The molecule has 1 N–H and O–H groups in total. The lowest BCUT2D eigenvalue weighted by Gasteiger charge is -2.29. The van der Waals surface area contributed by atoms with Crippen molar-refractivity contribution in [1.29, 1.82) is 0 Å². The largest absolute Gasteiger partial charge is 0.497 e.